The summed E-state index contributed by atoms with van der Waals surface area (Å²) in [6, 6.07) is 25.3. The van der Waals surface area contributed by atoms with Gasteiger partial charge in [0.25, 0.3) is 0 Å². The molecule has 4 heterocycles. The van der Waals surface area contributed by atoms with Crippen molar-refractivity contribution in [3.8, 4) is 0 Å². The quantitative estimate of drug-likeness (QED) is 0.107. The van der Waals surface area contributed by atoms with Gasteiger partial charge in [-0.1, -0.05) is 35.9 Å². The second-order valence-corrected chi connectivity index (χ2v) is 11.0. The average Bonchev–Trinajstić information content (AvgIpc) is 3.66. The third-order valence-electron chi connectivity index (χ3n) is 7.44. The van der Waals surface area contributed by atoms with Crippen molar-refractivity contribution in [1.82, 2.24) is 40.3 Å². The van der Waals surface area contributed by atoms with Crippen molar-refractivity contribution in [1.29, 1.82) is 0 Å². The van der Waals surface area contributed by atoms with E-state index >= 15 is 0 Å². The summed E-state index contributed by atoms with van der Waals surface area (Å²) in [4.78, 5) is 17.8. The number of hydrogen-bond donors (Lipinski definition) is 5. The molecule has 227 valence electrons. The van der Waals surface area contributed by atoms with Gasteiger partial charge in [-0.05, 0) is 63.1 Å². The van der Waals surface area contributed by atoms with E-state index in [2.05, 4.69) is 62.3 Å². The zero-order valence-electron chi connectivity index (χ0n) is 25.3. The number of para-hydroxylation sites is 2. The third kappa shape index (κ3) is 7.27. The Bertz CT molecular complexity index is 2110. The van der Waals surface area contributed by atoms with Crippen LogP contribution in [0.1, 0.15) is 35.7 Å². The van der Waals surface area contributed by atoms with Crippen LogP contribution in [0, 0.1) is 57.9 Å². The zero-order chi connectivity index (χ0) is 30.8. The molecule has 8 rings (SSSR count). The Morgan fingerprint density at radius 1 is 0.717 bits per heavy atom. The van der Waals surface area contributed by atoms with Crippen LogP contribution in [0.3, 0.4) is 0 Å². The molecule has 12 nitrogen and oxygen atoms in total. The van der Waals surface area contributed by atoms with Crippen LogP contribution in [-0.4, -0.2) is 40.3 Å². The maximum atomic E-state index is 7.82. The Labute approximate surface area is 301 Å². The van der Waals surface area contributed by atoms with Gasteiger partial charge in [0.15, 0.2) is 11.6 Å². The molecule has 1 aliphatic rings. The smallest absolute Gasteiger partial charge is 0.229 e. The number of benzene rings is 3. The summed E-state index contributed by atoms with van der Waals surface area (Å²) < 4.78 is 0. The maximum Gasteiger partial charge on any atom is 0.229 e. The number of aromatic amines is 2. The van der Waals surface area contributed by atoms with E-state index in [0.29, 0.717) is 23.4 Å². The van der Waals surface area contributed by atoms with Gasteiger partial charge in [-0.15, -0.1) is 5.69 Å². The molecule has 6 N–H and O–H groups in total. The van der Waals surface area contributed by atoms with E-state index in [0.717, 1.165) is 56.2 Å². The van der Waals surface area contributed by atoms with Gasteiger partial charge >= 0.3 is 0 Å². The minimum absolute atomic E-state index is 0. The summed E-state index contributed by atoms with van der Waals surface area (Å²) in [6.07, 6.45) is 4.00. The molecule has 1 saturated carbocycles. The van der Waals surface area contributed by atoms with Crippen molar-refractivity contribution in [2.24, 2.45) is 0 Å². The first-order valence-electron chi connectivity index (χ1n) is 14.7. The zero-order valence-corrected chi connectivity index (χ0v) is 30.1. The standard InChI is InChI=1S/C21H20N7.C12H11N5.Ac/c1-12-10-14(8-9-16(12)22)23-21-24-17-5-3-2-4-15(17)20(26-21)25-19-11-18(27-28-19)13-6-7-13;1-8-6-11(17-16-8)15-12-9-4-2-3-5-10(9)13-7-14-12;/h2-5,8-11,13,22H,6-7H2,1H3,(H3,23,24,25,26,27,28);2-7H,1H3,(H2,13,14,15,16,17);/q-1;;. The SMILES string of the molecule is Cc1cc(Nc2nc(Nc3cc(C4CC4)[nH]n3)c3ccccc3n2)ccc1[NH-].Cc1cc(Nc2ncnc3ccccc23)n[nH]1.[Ac]. The van der Waals surface area contributed by atoms with Gasteiger partial charge < -0.3 is 21.7 Å². The largest absolute Gasteiger partial charge is 0.699 e. The number of fused-ring (bicyclic) bond motifs is 2. The van der Waals surface area contributed by atoms with Crippen molar-refractivity contribution < 1.29 is 44.1 Å². The predicted molar refractivity (Wildman–Crippen MR) is 178 cm³/mol. The summed E-state index contributed by atoms with van der Waals surface area (Å²) in [5.41, 5.74) is 14.0. The van der Waals surface area contributed by atoms with Crippen LogP contribution in [-0.2, 0) is 0 Å². The van der Waals surface area contributed by atoms with Crippen molar-refractivity contribution >= 4 is 62.4 Å². The molecule has 0 amide bonds. The molecule has 3 aromatic carbocycles. The molecule has 1 aliphatic carbocycles. The summed E-state index contributed by atoms with van der Waals surface area (Å²) in [7, 11) is 0. The molecule has 0 spiro atoms. The number of rotatable bonds is 7. The van der Waals surface area contributed by atoms with Gasteiger partial charge in [0, 0.05) is 90.0 Å². The van der Waals surface area contributed by atoms with Gasteiger partial charge in [-0.2, -0.15) is 15.2 Å². The van der Waals surface area contributed by atoms with E-state index in [-0.39, 0.29) is 44.1 Å². The summed E-state index contributed by atoms with van der Waals surface area (Å²) in [5, 5.41) is 26.2. The van der Waals surface area contributed by atoms with Crippen molar-refractivity contribution in [2.75, 3.05) is 16.0 Å². The first-order chi connectivity index (χ1) is 22.0. The Morgan fingerprint density at radius 3 is 2.15 bits per heavy atom. The Morgan fingerprint density at radius 2 is 1.41 bits per heavy atom. The van der Waals surface area contributed by atoms with Crippen LogP contribution in [0.4, 0.5) is 40.6 Å². The van der Waals surface area contributed by atoms with E-state index in [1.807, 2.05) is 80.6 Å². The maximum absolute atomic E-state index is 7.82. The first kappa shape index (κ1) is 31.4. The number of aryl methyl sites for hydroxylation is 2. The predicted octanol–water partition coefficient (Wildman–Crippen LogP) is 8.11. The fourth-order valence-corrected chi connectivity index (χ4v) is 4.93. The number of hydrogen-bond acceptors (Lipinski definition) is 9. The van der Waals surface area contributed by atoms with Gasteiger partial charge in [0.2, 0.25) is 5.95 Å². The second-order valence-electron chi connectivity index (χ2n) is 11.0. The molecule has 46 heavy (non-hydrogen) atoms. The van der Waals surface area contributed by atoms with Gasteiger partial charge in [0.05, 0.1) is 11.0 Å². The minimum Gasteiger partial charge on any atom is -0.699 e. The van der Waals surface area contributed by atoms with Crippen LogP contribution >= 0.6 is 0 Å². The summed E-state index contributed by atoms with van der Waals surface area (Å²) in [5.74, 6) is 4.09. The molecule has 13 heteroatoms. The summed E-state index contributed by atoms with van der Waals surface area (Å²) in [6.45, 7) is 3.87. The van der Waals surface area contributed by atoms with Gasteiger partial charge in [0.1, 0.15) is 18.0 Å². The molecule has 0 aliphatic heterocycles. The number of anilines is 6. The van der Waals surface area contributed by atoms with Gasteiger partial charge in [-0.25, -0.2) is 15.0 Å². The van der Waals surface area contributed by atoms with Crippen LogP contribution in [0.15, 0.2) is 85.2 Å². The average molecular weight is 823 g/mol. The van der Waals surface area contributed by atoms with Crippen molar-refractivity contribution in [2.45, 2.75) is 32.6 Å². The molecule has 0 unspecified atom stereocenters. The minimum atomic E-state index is 0. The molecule has 4 aromatic heterocycles. The molecule has 7 aromatic rings. The first-order valence-corrected chi connectivity index (χ1v) is 14.7. The normalized spacial score (nSPS) is 12.2. The Balaban J connectivity index is 0.000000177. The molecule has 0 bridgehead atoms. The number of H-pyrrole nitrogens is 2. The molecule has 1 fully saturated rings. The Kier molecular flexibility index (Phi) is 9.42. The number of aromatic nitrogens is 8. The van der Waals surface area contributed by atoms with Crippen molar-refractivity contribution in [3.05, 3.63) is 108 Å². The van der Waals surface area contributed by atoms with Crippen LogP contribution in [0.5, 0.6) is 0 Å². The third-order valence-corrected chi connectivity index (χ3v) is 7.44. The van der Waals surface area contributed by atoms with Crippen LogP contribution < -0.4 is 16.0 Å². The van der Waals surface area contributed by atoms with E-state index in [1.54, 1.807) is 12.4 Å². The van der Waals surface area contributed by atoms with Crippen molar-refractivity contribution in [3.63, 3.8) is 0 Å². The fourth-order valence-electron chi connectivity index (χ4n) is 4.93. The van der Waals surface area contributed by atoms with Crippen LogP contribution in [0.2, 0.25) is 0 Å². The molecular formula is C33H31AcN12-. The van der Waals surface area contributed by atoms with Gasteiger partial charge in [-0.3, -0.25) is 10.2 Å². The van der Waals surface area contributed by atoms with E-state index < -0.39 is 0 Å². The molecule has 0 atom stereocenters. The monoisotopic (exact) mass is 822 g/mol. The number of nitrogens with one attached hydrogen (secondary N) is 6. The van der Waals surface area contributed by atoms with Crippen LogP contribution in [0.25, 0.3) is 27.5 Å². The molecule has 0 saturated heterocycles. The number of nitrogens with zero attached hydrogens (tertiary/aromatic N) is 6. The van der Waals surface area contributed by atoms with E-state index in [1.165, 1.54) is 18.5 Å². The molecular weight excluding hydrogens is 791 g/mol. The topological polar surface area (TPSA) is 169 Å². The van der Waals surface area contributed by atoms with E-state index in [9.17, 15) is 0 Å². The molecule has 1 radical (unpaired) electrons. The van der Waals surface area contributed by atoms with E-state index in [4.69, 9.17) is 5.73 Å². The fraction of sp³-hybridized carbons (Fsp3) is 0.152. The Hall–Kier alpha value is -4.60. The summed E-state index contributed by atoms with van der Waals surface area (Å²) >= 11 is 0. The second kappa shape index (κ2) is 13.8.